The van der Waals surface area contributed by atoms with Crippen molar-refractivity contribution in [3.05, 3.63) is 35.9 Å². The number of aliphatic carboxylic acids is 1. The van der Waals surface area contributed by atoms with Gasteiger partial charge in [0.05, 0.1) is 0 Å². The molecule has 20 heavy (non-hydrogen) atoms. The van der Waals surface area contributed by atoms with Crippen molar-refractivity contribution in [2.24, 2.45) is 5.92 Å². The first-order valence-electron chi connectivity index (χ1n) is 5.85. The summed E-state index contributed by atoms with van der Waals surface area (Å²) in [5.74, 6) is -4.16. The minimum Gasteiger partial charge on any atom is -0.481 e. The Bertz CT molecular complexity index is 473. The molecular formula is C13H14F3NO3. The molecule has 2 N–H and O–H groups in total. The van der Waals surface area contributed by atoms with E-state index in [0.29, 0.717) is 5.56 Å². The maximum absolute atomic E-state index is 12.9. The summed E-state index contributed by atoms with van der Waals surface area (Å²) in [7, 11) is 0. The second-order valence-corrected chi connectivity index (χ2v) is 4.35. The van der Waals surface area contributed by atoms with E-state index in [0.717, 1.165) is 6.92 Å². The predicted molar refractivity (Wildman–Crippen MR) is 64.9 cm³/mol. The zero-order valence-electron chi connectivity index (χ0n) is 10.6. The topological polar surface area (TPSA) is 66.4 Å². The lowest BCUT2D eigenvalue weighted by atomic mass is 10.0. The highest BCUT2D eigenvalue weighted by molar-refractivity contribution is 5.96. The average molecular weight is 289 g/mol. The number of nitrogens with one attached hydrogen (secondary N) is 1. The van der Waals surface area contributed by atoms with Crippen molar-refractivity contribution in [2.75, 3.05) is 0 Å². The van der Waals surface area contributed by atoms with Crippen LogP contribution in [0, 0.1) is 5.92 Å². The molecule has 0 saturated carbocycles. The lowest BCUT2D eigenvalue weighted by molar-refractivity contribution is -0.165. The van der Waals surface area contributed by atoms with Gasteiger partial charge in [-0.1, -0.05) is 30.3 Å². The van der Waals surface area contributed by atoms with E-state index in [-0.39, 0.29) is 0 Å². The maximum atomic E-state index is 12.9. The van der Waals surface area contributed by atoms with Crippen LogP contribution in [0.1, 0.15) is 12.5 Å². The Hall–Kier alpha value is -2.05. The lowest BCUT2D eigenvalue weighted by Crippen LogP contribution is -2.49. The van der Waals surface area contributed by atoms with Crippen molar-refractivity contribution in [3.63, 3.8) is 0 Å². The average Bonchev–Trinajstić information content (AvgIpc) is 2.37. The summed E-state index contributed by atoms with van der Waals surface area (Å²) in [5, 5.41) is 10.4. The van der Waals surface area contributed by atoms with E-state index in [1.165, 1.54) is 12.1 Å². The smallest absolute Gasteiger partial charge is 0.408 e. The summed E-state index contributed by atoms with van der Waals surface area (Å²) in [6.07, 6.45) is -5.09. The van der Waals surface area contributed by atoms with Crippen LogP contribution in [0.3, 0.4) is 0 Å². The standard InChI is InChI=1S/C13H14F3NO3/c1-8(12(19)20)11(18)17-10(13(14,15)16)7-9-5-3-2-4-6-9/h2-6,8,10H,7H2,1H3,(H,17,18)(H,19,20). The molecule has 4 nitrogen and oxygen atoms in total. The van der Waals surface area contributed by atoms with Gasteiger partial charge in [0, 0.05) is 6.42 Å². The third kappa shape index (κ3) is 4.56. The van der Waals surface area contributed by atoms with Crippen LogP contribution in [-0.4, -0.2) is 29.2 Å². The summed E-state index contributed by atoms with van der Waals surface area (Å²) in [5.41, 5.74) is 0.401. The number of carbonyl (C=O) groups is 2. The molecule has 1 amide bonds. The fraction of sp³-hybridized carbons (Fsp3) is 0.385. The zero-order valence-corrected chi connectivity index (χ0v) is 10.6. The maximum Gasteiger partial charge on any atom is 0.408 e. The molecule has 110 valence electrons. The SMILES string of the molecule is CC(C(=O)O)C(=O)NC(Cc1ccccc1)C(F)(F)F. The number of carboxylic acid groups (broad SMARTS) is 1. The van der Waals surface area contributed by atoms with Gasteiger partial charge < -0.3 is 10.4 Å². The Labute approximate surface area is 113 Å². The van der Waals surface area contributed by atoms with Gasteiger partial charge in [-0.2, -0.15) is 13.2 Å². The predicted octanol–water partition coefficient (Wildman–Crippen LogP) is 2.00. The number of hydrogen-bond acceptors (Lipinski definition) is 2. The molecule has 1 rings (SSSR count). The van der Waals surface area contributed by atoms with Crippen molar-refractivity contribution in [3.8, 4) is 0 Å². The van der Waals surface area contributed by atoms with Gasteiger partial charge >= 0.3 is 12.1 Å². The van der Waals surface area contributed by atoms with Gasteiger partial charge in [0.15, 0.2) is 0 Å². The summed E-state index contributed by atoms with van der Waals surface area (Å²) in [6.45, 7) is 1.04. The van der Waals surface area contributed by atoms with Crippen LogP contribution in [-0.2, 0) is 16.0 Å². The number of benzene rings is 1. The van der Waals surface area contributed by atoms with Crippen molar-refractivity contribution in [2.45, 2.75) is 25.6 Å². The van der Waals surface area contributed by atoms with Gasteiger partial charge in [0.2, 0.25) is 5.91 Å². The fourth-order valence-corrected chi connectivity index (χ4v) is 1.51. The molecule has 0 bridgehead atoms. The third-order valence-electron chi connectivity index (χ3n) is 2.76. The number of amides is 1. The molecule has 0 spiro atoms. The molecule has 0 fully saturated rings. The second kappa shape index (κ2) is 6.40. The van der Waals surface area contributed by atoms with Crippen molar-refractivity contribution < 1.29 is 27.9 Å². The van der Waals surface area contributed by atoms with Crippen molar-refractivity contribution in [1.82, 2.24) is 5.32 Å². The summed E-state index contributed by atoms with van der Waals surface area (Å²) in [6, 6.07) is 5.74. The molecule has 0 saturated heterocycles. The monoisotopic (exact) mass is 289 g/mol. The van der Waals surface area contributed by atoms with E-state index >= 15 is 0 Å². The van der Waals surface area contributed by atoms with Crippen LogP contribution in [0.25, 0.3) is 0 Å². The number of rotatable bonds is 5. The quantitative estimate of drug-likeness (QED) is 0.815. The number of carboxylic acids is 1. The molecule has 2 atom stereocenters. The van der Waals surface area contributed by atoms with Crippen LogP contribution >= 0.6 is 0 Å². The van der Waals surface area contributed by atoms with Crippen molar-refractivity contribution in [1.29, 1.82) is 0 Å². The minimum absolute atomic E-state index is 0.401. The van der Waals surface area contributed by atoms with E-state index in [9.17, 15) is 22.8 Å². The first kappa shape index (κ1) is 16.0. The van der Waals surface area contributed by atoms with E-state index < -0.39 is 36.4 Å². The van der Waals surface area contributed by atoms with Gasteiger partial charge in [-0.3, -0.25) is 9.59 Å². The molecule has 0 radical (unpaired) electrons. The first-order valence-corrected chi connectivity index (χ1v) is 5.85. The lowest BCUT2D eigenvalue weighted by Gasteiger charge is -2.22. The van der Waals surface area contributed by atoms with Crippen LogP contribution in [0.4, 0.5) is 13.2 Å². The molecule has 0 aliphatic heterocycles. The van der Waals surface area contributed by atoms with Gasteiger partial charge in [-0.25, -0.2) is 0 Å². The molecular weight excluding hydrogens is 275 g/mol. The molecule has 0 aromatic heterocycles. The van der Waals surface area contributed by atoms with E-state index in [4.69, 9.17) is 5.11 Å². The Morgan fingerprint density at radius 2 is 1.80 bits per heavy atom. The van der Waals surface area contributed by atoms with E-state index in [1.807, 2.05) is 0 Å². The highest BCUT2D eigenvalue weighted by Crippen LogP contribution is 2.23. The Morgan fingerprint density at radius 3 is 2.25 bits per heavy atom. The number of alkyl halides is 3. The third-order valence-corrected chi connectivity index (χ3v) is 2.76. The van der Waals surface area contributed by atoms with Crippen LogP contribution < -0.4 is 5.32 Å². The second-order valence-electron chi connectivity index (χ2n) is 4.35. The number of carbonyl (C=O) groups excluding carboxylic acids is 1. The van der Waals surface area contributed by atoms with Gasteiger partial charge in [0.25, 0.3) is 0 Å². The molecule has 1 aromatic carbocycles. The molecule has 0 aliphatic rings. The normalized spacial score (nSPS) is 14.4. The number of hydrogen-bond donors (Lipinski definition) is 2. The van der Waals surface area contributed by atoms with Gasteiger partial charge in [0.1, 0.15) is 12.0 Å². The highest BCUT2D eigenvalue weighted by atomic mass is 19.4. The molecule has 7 heteroatoms. The van der Waals surface area contributed by atoms with E-state index in [1.54, 1.807) is 23.5 Å². The first-order chi connectivity index (χ1) is 9.21. The molecule has 2 unspecified atom stereocenters. The molecule has 0 aliphatic carbocycles. The Balaban J connectivity index is 2.81. The largest absolute Gasteiger partial charge is 0.481 e. The van der Waals surface area contributed by atoms with Gasteiger partial charge in [-0.15, -0.1) is 0 Å². The summed E-state index contributed by atoms with van der Waals surface area (Å²) >= 11 is 0. The van der Waals surface area contributed by atoms with Crippen molar-refractivity contribution >= 4 is 11.9 Å². The summed E-state index contributed by atoms with van der Waals surface area (Å²) in [4.78, 5) is 22.0. The van der Waals surface area contributed by atoms with Gasteiger partial charge in [-0.05, 0) is 12.5 Å². The summed E-state index contributed by atoms with van der Waals surface area (Å²) < 4.78 is 38.6. The minimum atomic E-state index is -4.65. The Morgan fingerprint density at radius 1 is 1.25 bits per heavy atom. The van der Waals surface area contributed by atoms with E-state index in [2.05, 4.69) is 0 Å². The number of halogens is 3. The van der Waals surface area contributed by atoms with Crippen LogP contribution in [0.2, 0.25) is 0 Å². The van der Waals surface area contributed by atoms with Crippen LogP contribution in [0.5, 0.6) is 0 Å². The fourth-order valence-electron chi connectivity index (χ4n) is 1.51. The molecule has 1 aromatic rings. The highest BCUT2D eigenvalue weighted by Gasteiger charge is 2.41. The zero-order chi connectivity index (χ0) is 15.3. The van der Waals surface area contributed by atoms with Crippen LogP contribution in [0.15, 0.2) is 30.3 Å². The molecule has 0 heterocycles. The Kier molecular flexibility index (Phi) is 5.12.